The van der Waals surface area contributed by atoms with Crippen LogP contribution < -0.4 is 30.7 Å². The van der Waals surface area contributed by atoms with Crippen molar-refractivity contribution in [2.24, 2.45) is 5.92 Å². The summed E-state index contributed by atoms with van der Waals surface area (Å²) < 4.78 is 32.9. The van der Waals surface area contributed by atoms with Crippen LogP contribution in [-0.2, 0) is 28.2 Å². The second-order valence-electron chi connectivity index (χ2n) is 40.1. The van der Waals surface area contributed by atoms with Gasteiger partial charge in [0.1, 0.15) is 47.2 Å². The molecule has 1 aromatic heterocycles. The number of piperidine rings is 1. The van der Waals surface area contributed by atoms with E-state index in [1.54, 1.807) is 43.3 Å². The van der Waals surface area contributed by atoms with Gasteiger partial charge in [-0.15, -0.1) is 0 Å². The van der Waals surface area contributed by atoms with Crippen molar-refractivity contribution in [3.63, 3.8) is 0 Å². The highest BCUT2D eigenvalue weighted by Gasteiger charge is 2.54. The van der Waals surface area contributed by atoms with Crippen LogP contribution in [0.5, 0.6) is 23.0 Å². The number of likely N-dealkylation sites (tertiary alicyclic amines) is 1. The summed E-state index contributed by atoms with van der Waals surface area (Å²) in [5.41, 5.74) is 17.5. The predicted octanol–water partition coefficient (Wildman–Crippen LogP) is 27.0. The van der Waals surface area contributed by atoms with Gasteiger partial charge in [-0.05, 0) is 206 Å². The molecule has 0 bridgehead atoms. The van der Waals surface area contributed by atoms with E-state index in [0.717, 1.165) is 107 Å². The lowest BCUT2D eigenvalue weighted by Crippen LogP contribution is -2.36. The third kappa shape index (κ3) is 31.4. The van der Waals surface area contributed by atoms with E-state index in [9.17, 15) is 43.4 Å². The number of phenols is 1. The lowest BCUT2D eigenvalue weighted by atomic mass is 9.77. The van der Waals surface area contributed by atoms with Crippen molar-refractivity contribution >= 4 is 99.2 Å². The Bertz CT molecular complexity index is 6100. The van der Waals surface area contributed by atoms with Crippen LogP contribution in [0.25, 0.3) is 10.9 Å². The van der Waals surface area contributed by atoms with Gasteiger partial charge in [-0.1, -0.05) is 305 Å². The molecule has 4 atom stereocenters. The zero-order valence-corrected chi connectivity index (χ0v) is 87.5. The van der Waals surface area contributed by atoms with Crippen LogP contribution in [0.1, 0.15) is 298 Å². The minimum absolute atomic E-state index is 0.0387. The maximum Gasteiger partial charge on any atom is 0.340 e. The Labute approximate surface area is 843 Å². The molecule has 0 saturated carbocycles. The summed E-state index contributed by atoms with van der Waals surface area (Å²) in [4.78, 5) is 80.5. The number of aliphatic hydroxyl groups is 1. The average Bonchev–Trinajstić information content (AvgIpc) is 1.56. The van der Waals surface area contributed by atoms with E-state index in [2.05, 4.69) is 204 Å². The minimum Gasteiger partial charge on any atom is -0.508 e. The number of aliphatic hydroxyl groups excluding tert-OH is 1. The van der Waals surface area contributed by atoms with Crippen LogP contribution >= 0.6 is 11.8 Å². The number of benzene rings is 11. The number of ketones is 2. The number of anilines is 3. The first kappa shape index (κ1) is 111. The molecule has 5 aliphatic rings. The summed E-state index contributed by atoms with van der Waals surface area (Å²) in [5.74, 6) is 6.75. The number of amides is 3. The molecular formula is C118H142B2FN7O11SSi. The molecule has 23 heteroatoms. The molecule has 17 rings (SSSR count). The van der Waals surface area contributed by atoms with Crippen LogP contribution in [0.2, 0.25) is 25.7 Å². The number of fused-ring (bicyclic) bond motifs is 8. The van der Waals surface area contributed by atoms with Gasteiger partial charge in [0.2, 0.25) is 5.91 Å². The first-order valence-corrected chi connectivity index (χ1v) is 54.3. The number of unbranched alkanes of at least 4 members (excludes halogenated alkanes) is 1. The second-order valence-corrected chi connectivity index (χ2v) is 47.0. The normalized spacial score (nSPS) is 15.8. The number of nitrogens with zero attached hydrogens (tertiary/aromatic N) is 3. The van der Waals surface area contributed by atoms with Crippen LogP contribution in [0.3, 0.4) is 0 Å². The number of carbonyl (C=O) groups is 6. The summed E-state index contributed by atoms with van der Waals surface area (Å²) in [6.45, 7) is 41.5. The Morgan fingerprint density at radius 3 is 1.68 bits per heavy atom. The third-order valence-electron chi connectivity index (χ3n) is 26.0. The molecule has 6 heterocycles. The third-order valence-corrected chi connectivity index (χ3v) is 29.2. The first-order chi connectivity index (χ1) is 67.4. The van der Waals surface area contributed by atoms with Crippen molar-refractivity contribution < 1.29 is 57.6 Å². The highest BCUT2D eigenvalue weighted by atomic mass is 32.2. The number of phenolic OH excluding ortho intramolecular Hbond substituents is 1. The monoisotopic (exact) mass is 1930 g/mol. The Balaban J connectivity index is 0.000000174. The average molecular weight is 1940 g/mol. The van der Waals surface area contributed by atoms with Crippen molar-refractivity contribution in [1.29, 1.82) is 0 Å². The number of hydrogen-bond donors (Lipinski definition) is 6. The molecule has 12 aromatic rings. The van der Waals surface area contributed by atoms with Gasteiger partial charge in [-0.2, -0.15) is 11.8 Å². The zero-order valence-electron chi connectivity index (χ0n) is 85.6. The van der Waals surface area contributed by atoms with Crippen molar-refractivity contribution in [2.45, 2.75) is 245 Å². The molecule has 11 aromatic carbocycles. The number of halogens is 1. The Morgan fingerprint density at radius 1 is 0.603 bits per heavy atom. The number of esters is 1. The number of carbonyl (C=O) groups excluding carboxylic acids is 6. The molecule has 1 spiro atoms. The van der Waals surface area contributed by atoms with Crippen molar-refractivity contribution in [3.8, 4) is 23.0 Å². The number of Topliss-reactive ketones (excluding diaryl/α,β-unsaturated/α-hetero) is 1. The maximum atomic E-state index is 14.6. The van der Waals surface area contributed by atoms with Crippen molar-refractivity contribution in [1.82, 2.24) is 25.5 Å². The van der Waals surface area contributed by atoms with Crippen LogP contribution in [0.15, 0.2) is 249 Å². The number of aromatic hydroxyl groups is 1. The van der Waals surface area contributed by atoms with E-state index in [0.29, 0.717) is 116 Å². The zero-order chi connectivity index (χ0) is 102. The number of rotatable bonds is 26. The quantitative estimate of drug-likeness (QED) is 0.00737. The summed E-state index contributed by atoms with van der Waals surface area (Å²) in [7, 11) is 9.26. The Morgan fingerprint density at radius 2 is 1.12 bits per heavy atom. The smallest absolute Gasteiger partial charge is 0.340 e. The van der Waals surface area contributed by atoms with Gasteiger partial charge in [-0.25, -0.2) is 23.9 Å². The summed E-state index contributed by atoms with van der Waals surface area (Å²) in [6.07, 6.45) is 9.27. The van der Waals surface area contributed by atoms with Gasteiger partial charge in [0.05, 0.1) is 42.1 Å². The lowest BCUT2D eigenvalue weighted by molar-refractivity contribution is -0.116. The molecule has 6 N–H and O–H groups in total. The SMILES string of the molecule is CC(=O)c1ccc(C(C)C)cc1.CC(C)c1ccc(C(=O)c2ccccc2)cc1.CC(C)c1ccc(C=O)cc1.CC(C)c1ccc(CC[Si](C)(C)C)cc1.CC(C)c1ccc(NC(=O)CCCC[C@@H]2SC[C@@H]3NC(=O)N[C@@H]32)cc1.CC(C)c1ccc(Nc2ncnc3cc(OCC4CCN(C)CC4)c(CO)cc23)c(F)c1.CC(C)c1ccc2c(c1)Oc1cc(O)ccc1C21OC(=O)c2ccccc21.[B][B]. The Kier molecular flexibility index (Phi) is 41.6. The number of nitrogens with one attached hydrogen (secondary N) is 4. The van der Waals surface area contributed by atoms with Gasteiger partial charge in [-0.3, -0.25) is 19.2 Å². The van der Waals surface area contributed by atoms with Crippen LogP contribution in [0, 0.1) is 11.7 Å². The van der Waals surface area contributed by atoms with Crippen LogP contribution in [0.4, 0.5) is 26.4 Å². The number of aldehydes is 1. The Hall–Kier alpha value is -12.3. The molecule has 3 saturated heterocycles. The topological polar surface area (TPSA) is 248 Å². The highest BCUT2D eigenvalue weighted by molar-refractivity contribution is 8.00. The van der Waals surface area contributed by atoms with Crippen LogP contribution in [-0.4, -0.2) is 134 Å². The number of thioether (sulfide) groups is 1. The van der Waals surface area contributed by atoms with E-state index in [4.69, 9.17) is 14.2 Å². The molecule has 3 amide bonds. The summed E-state index contributed by atoms with van der Waals surface area (Å²) >= 11 is 1.92. The predicted molar refractivity (Wildman–Crippen MR) is 579 cm³/mol. The molecule has 3 fully saturated rings. The number of aromatic nitrogens is 2. The van der Waals surface area contributed by atoms with Crippen molar-refractivity contribution in [3.05, 3.63) is 349 Å². The number of aryl methyl sites for hydroxylation is 1. The maximum absolute atomic E-state index is 14.6. The molecule has 18 nitrogen and oxygen atoms in total. The minimum atomic E-state index is -1.07. The molecule has 4 radical (unpaired) electrons. The molecule has 738 valence electrons. The lowest BCUT2D eigenvalue weighted by Gasteiger charge is -2.36. The standard InChI is InChI=1S/C25H31FN4O2.C23H18O4.C19H27N3O2S.C16H16O.C14H24Si.C11H14O.C10H12O.B2/c1-16(2)18-4-5-22(21(26)11-18)29-25-20-10-19(13-31)24(12-23(20)27-15-28-25)32-14-17-6-8-30(3)9-7-17;1-13(2)14-7-9-18-20(11-14)26-21-12-15(24)8-10-19(21)23(18)17-6-4-3-5-16(17)22(25)27-23;1-12(2)13-7-9-14(10-8-13)20-17(23)6-4-3-5-16-18-15(11-25-16)21-19(24)22-18;1-12(2)13-8-10-15(11-9-13)16(17)14-6-4-3-5-7-14;1-12(2)14-8-6-13(7-9-14)10-11-15(3,4)5;1-8(2)10-4-6-11(7-5-10)9(3)12;1-8(2)10-5-3-9(7-11)4-6-10;1-2/h4-5,10-12,15-17,31H,6-9,13-14H2,1-3H3,(H,27,28,29);3-13,24H,1-2H3;7-10,12,15-16,18H,3-6,11H2,1-2H3,(H,20,23)(H2,21,22,24);3-12H,1-2H3;6-9,12H,10-11H2,1-5H3;4-8H,1-3H3;3-8H,1-2H3;/t;;15-,16-,18-;;;;;/m..0...../s1. The summed E-state index contributed by atoms with van der Waals surface area (Å²) in [6, 6.07) is 79.1. The molecule has 141 heavy (non-hydrogen) atoms. The fraction of sp³-hybridized carbons (Fsp3) is 0.373. The van der Waals surface area contributed by atoms with E-state index in [-0.39, 0.29) is 65.6 Å². The van der Waals surface area contributed by atoms with E-state index in [1.165, 1.54) is 52.2 Å². The van der Waals surface area contributed by atoms with Gasteiger partial charge in [0.15, 0.2) is 17.2 Å². The molecular weight excluding hydrogens is 1790 g/mol. The van der Waals surface area contributed by atoms with Crippen molar-refractivity contribution in [2.75, 3.05) is 43.1 Å². The number of ether oxygens (including phenoxy) is 3. The van der Waals surface area contributed by atoms with E-state index in [1.807, 2.05) is 189 Å². The number of hydrogen-bond acceptors (Lipinski definition) is 16. The molecule has 0 aliphatic carbocycles. The van der Waals surface area contributed by atoms with Gasteiger partial charge in [0, 0.05) is 109 Å². The van der Waals surface area contributed by atoms with Gasteiger partial charge < -0.3 is 50.6 Å². The van der Waals surface area contributed by atoms with E-state index >= 15 is 0 Å². The second kappa shape index (κ2) is 53.0. The first-order valence-electron chi connectivity index (χ1n) is 49.5. The number of urea groups is 1. The fourth-order valence-electron chi connectivity index (χ4n) is 17.0. The molecule has 1 unspecified atom stereocenters. The van der Waals surface area contributed by atoms with Gasteiger partial charge in [0.25, 0.3) is 0 Å². The summed E-state index contributed by atoms with van der Waals surface area (Å²) in [5, 5.41) is 33.1. The van der Waals surface area contributed by atoms with E-state index < -0.39 is 13.7 Å². The fourth-order valence-corrected chi connectivity index (χ4v) is 19.5. The van der Waals surface area contributed by atoms with Gasteiger partial charge >= 0.3 is 12.0 Å². The highest BCUT2D eigenvalue weighted by Crippen LogP contribution is 2.57. The molecule has 5 aliphatic heterocycles. The largest absolute Gasteiger partial charge is 0.508 e.